The standard InChI is InChI=1S/C15H14FNO2/c16-12-6-8-13(9-7-12)17-15(18)10-11-19-14-4-2-1-3-5-14/h1-9H,10-11H2,(H,17,18). The summed E-state index contributed by atoms with van der Waals surface area (Å²) in [6.07, 6.45) is 0.242. The molecule has 0 aliphatic carbocycles. The highest BCUT2D eigenvalue weighted by Crippen LogP contribution is 2.10. The van der Waals surface area contributed by atoms with Crippen molar-refractivity contribution in [3.8, 4) is 5.75 Å². The number of benzene rings is 2. The number of amides is 1. The van der Waals surface area contributed by atoms with E-state index in [1.165, 1.54) is 24.3 Å². The summed E-state index contributed by atoms with van der Waals surface area (Å²) in [4.78, 5) is 11.6. The molecule has 2 aromatic carbocycles. The van der Waals surface area contributed by atoms with E-state index < -0.39 is 0 Å². The van der Waals surface area contributed by atoms with Gasteiger partial charge in [-0.15, -0.1) is 0 Å². The van der Waals surface area contributed by atoms with Gasteiger partial charge in [-0.1, -0.05) is 18.2 Å². The molecule has 3 nitrogen and oxygen atoms in total. The molecule has 0 aliphatic rings. The van der Waals surface area contributed by atoms with E-state index in [1.54, 1.807) is 0 Å². The molecule has 0 aliphatic heterocycles. The third-order valence-electron chi connectivity index (χ3n) is 2.47. The van der Waals surface area contributed by atoms with Crippen LogP contribution < -0.4 is 10.1 Å². The van der Waals surface area contributed by atoms with Gasteiger partial charge in [0.1, 0.15) is 11.6 Å². The van der Waals surface area contributed by atoms with Gasteiger partial charge in [-0.05, 0) is 36.4 Å². The summed E-state index contributed by atoms with van der Waals surface area (Å²) in [5, 5.41) is 2.67. The molecule has 19 heavy (non-hydrogen) atoms. The molecule has 0 saturated carbocycles. The minimum atomic E-state index is -0.328. The van der Waals surface area contributed by atoms with Crippen molar-refractivity contribution >= 4 is 11.6 Å². The van der Waals surface area contributed by atoms with Crippen molar-refractivity contribution < 1.29 is 13.9 Å². The van der Waals surface area contributed by atoms with Crippen molar-refractivity contribution in [2.75, 3.05) is 11.9 Å². The summed E-state index contributed by atoms with van der Waals surface area (Å²) in [7, 11) is 0. The van der Waals surface area contributed by atoms with Gasteiger partial charge in [-0.2, -0.15) is 0 Å². The van der Waals surface area contributed by atoms with Crippen LogP contribution in [0.2, 0.25) is 0 Å². The van der Waals surface area contributed by atoms with Gasteiger partial charge < -0.3 is 10.1 Å². The van der Waals surface area contributed by atoms with Crippen LogP contribution in [-0.4, -0.2) is 12.5 Å². The van der Waals surface area contributed by atoms with E-state index in [9.17, 15) is 9.18 Å². The Labute approximate surface area is 111 Å². The van der Waals surface area contributed by atoms with E-state index in [1.807, 2.05) is 30.3 Å². The highest BCUT2D eigenvalue weighted by molar-refractivity contribution is 5.90. The Hall–Kier alpha value is -2.36. The Morgan fingerprint density at radius 1 is 1.05 bits per heavy atom. The molecule has 0 fully saturated rings. The number of ether oxygens (including phenoxy) is 1. The second-order valence-corrected chi connectivity index (χ2v) is 3.97. The van der Waals surface area contributed by atoms with Crippen LogP contribution in [0.4, 0.5) is 10.1 Å². The number of halogens is 1. The lowest BCUT2D eigenvalue weighted by Crippen LogP contribution is -2.15. The van der Waals surface area contributed by atoms with Crippen LogP contribution in [0, 0.1) is 5.82 Å². The van der Waals surface area contributed by atoms with Crippen molar-refractivity contribution in [2.45, 2.75) is 6.42 Å². The van der Waals surface area contributed by atoms with Crippen LogP contribution in [0.1, 0.15) is 6.42 Å². The van der Waals surface area contributed by atoms with Gasteiger partial charge in [-0.3, -0.25) is 4.79 Å². The molecule has 2 rings (SSSR count). The zero-order chi connectivity index (χ0) is 13.5. The first kappa shape index (κ1) is 13.1. The van der Waals surface area contributed by atoms with Gasteiger partial charge >= 0.3 is 0 Å². The second-order valence-electron chi connectivity index (χ2n) is 3.97. The second kappa shape index (κ2) is 6.54. The fraction of sp³-hybridized carbons (Fsp3) is 0.133. The molecule has 0 saturated heterocycles. The summed E-state index contributed by atoms with van der Waals surface area (Å²) in [6.45, 7) is 0.303. The van der Waals surface area contributed by atoms with Crippen molar-refractivity contribution in [1.82, 2.24) is 0 Å². The molecule has 2 aromatic rings. The summed E-state index contributed by atoms with van der Waals surface area (Å²) >= 11 is 0. The van der Waals surface area contributed by atoms with Crippen molar-refractivity contribution in [1.29, 1.82) is 0 Å². The van der Waals surface area contributed by atoms with Gasteiger partial charge in [0.2, 0.25) is 5.91 Å². The summed E-state index contributed by atoms with van der Waals surface area (Å²) in [5.41, 5.74) is 0.575. The average molecular weight is 259 g/mol. The number of hydrogen-bond donors (Lipinski definition) is 1. The molecule has 0 aromatic heterocycles. The lowest BCUT2D eigenvalue weighted by molar-refractivity contribution is -0.116. The van der Waals surface area contributed by atoms with Crippen LogP contribution in [0.25, 0.3) is 0 Å². The summed E-state index contributed by atoms with van der Waals surface area (Å²) in [5.74, 6) is 0.241. The van der Waals surface area contributed by atoms with E-state index in [0.29, 0.717) is 12.3 Å². The maximum atomic E-state index is 12.7. The van der Waals surface area contributed by atoms with Gasteiger partial charge in [0.05, 0.1) is 13.0 Å². The van der Waals surface area contributed by atoms with Gasteiger partial charge in [0.25, 0.3) is 0 Å². The molecular formula is C15H14FNO2. The number of carbonyl (C=O) groups excluding carboxylic acids is 1. The third-order valence-corrected chi connectivity index (χ3v) is 2.47. The minimum absolute atomic E-state index is 0.164. The zero-order valence-electron chi connectivity index (χ0n) is 10.3. The smallest absolute Gasteiger partial charge is 0.227 e. The van der Waals surface area contributed by atoms with Crippen molar-refractivity contribution in [2.24, 2.45) is 0 Å². The summed E-state index contributed by atoms with van der Waals surface area (Å²) < 4.78 is 18.1. The lowest BCUT2D eigenvalue weighted by atomic mass is 10.3. The predicted octanol–water partition coefficient (Wildman–Crippen LogP) is 3.23. The first-order valence-electron chi connectivity index (χ1n) is 5.97. The fourth-order valence-electron chi connectivity index (χ4n) is 1.54. The monoisotopic (exact) mass is 259 g/mol. The number of para-hydroxylation sites is 1. The Morgan fingerprint density at radius 3 is 2.42 bits per heavy atom. The van der Waals surface area contributed by atoms with E-state index in [4.69, 9.17) is 4.74 Å². The molecule has 0 unspecified atom stereocenters. The highest BCUT2D eigenvalue weighted by atomic mass is 19.1. The van der Waals surface area contributed by atoms with E-state index in [2.05, 4.69) is 5.32 Å². The predicted molar refractivity (Wildman–Crippen MR) is 71.6 cm³/mol. The minimum Gasteiger partial charge on any atom is -0.493 e. The van der Waals surface area contributed by atoms with Crippen LogP contribution >= 0.6 is 0 Å². The highest BCUT2D eigenvalue weighted by Gasteiger charge is 2.03. The average Bonchev–Trinajstić information content (AvgIpc) is 2.43. The fourth-order valence-corrected chi connectivity index (χ4v) is 1.54. The summed E-state index contributed by atoms with van der Waals surface area (Å²) in [6, 6.07) is 14.9. The van der Waals surface area contributed by atoms with Gasteiger partial charge in [0, 0.05) is 5.69 Å². The number of rotatable bonds is 5. The largest absolute Gasteiger partial charge is 0.493 e. The zero-order valence-corrected chi connectivity index (χ0v) is 10.3. The van der Waals surface area contributed by atoms with Crippen molar-refractivity contribution in [3.05, 3.63) is 60.4 Å². The Morgan fingerprint density at radius 2 is 1.74 bits per heavy atom. The first-order chi connectivity index (χ1) is 9.24. The maximum absolute atomic E-state index is 12.7. The number of nitrogens with one attached hydrogen (secondary N) is 1. The molecule has 0 bridgehead atoms. The molecular weight excluding hydrogens is 245 g/mol. The maximum Gasteiger partial charge on any atom is 0.227 e. The third kappa shape index (κ3) is 4.43. The van der Waals surface area contributed by atoms with E-state index >= 15 is 0 Å². The number of carbonyl (C=O) groups is 1. The lowest BCUT2D eigenvalue weighted by Gasteiger charge is -2.07. The molecule has 1 amide bonds. The SMILES string of the molecule is O=C(CCOc1ccccc1)Nc1ccc(F)cc1. The van der Waals surface area contributed by atoms with Gasteiger partial charge in [0.15, 0.2) is 0 Å². The van der Waals surface area contributed by atoms with Crippen LogP contribution in [0.15, 0.2) is 54.6 Å². The molecule has 0 spiro atoms. The Kier molecular flexibility index (Phi) is 4.50. The van der Waals surface area contributed by atoms with Gasteiger partial charge in [-0.25, -0.2) is 4.39 Å². The Bertz CT molecular complexity index is 526. The quantitative estimate of drug-likeness (QED) is 0.895. The van der Waals surface area contributed by atoms with Crippen LogP contribution in [-0.2, 0) is 4.79 Å². The Balaban J connectivity index is 1.74. The number of anilines is 1. The van der Waals surface area contributed by atoms with E-state index in [-0.39, 0.29) is 18.1 Å². The van der Waals surface area contributed by atoms with E-state index in [0.717, 1.165) is 5.75 Å². The first-order valence-corrected chi connectivity index (χ1v) is 5.97. The molecule has 98 valence electrons. The van der Waals surface area contributed by atoms with Crippen LogP contribution in [0.5, 0.6) is 5.75 Å². The molecule has 4 heteroatoms. The number of hydrogen-bond acceptors (Lipinski definition) is 2. The normalized spacial score (nSPS) is 9.95. The molecule has 0 radical (unpaired) electrons. The molecule has 0 heterocycles. The topological polar surface area (TPSA) is 38.3 Å². The van der Waals surface area contributed by atoms with Crippen molar-refractivity contribution in [3.63, 3.8) is 0 Å². The molecule has 0 atom stereocenters. The van der Waals surface area contributed by atoms with Crippen LogP contribution in [0.3, 0.4) is 0 Å². The molecule has 1 N–H and O–H groups in total.